The van der Waals surface area contributed by atoms with Crippen molar-refractivity contribution in [3.63, 3.8) is 0 Å². The van der Waals surface area contributed by atoms with E-state index >= 15 is 0 Å². The second kappa shape index (κ2) is 4.11. The lowest BCUT2D eigenvalue weighted by atomic mass is 10.0. The fraction of sp³-hybridized carbons (Fsp3) is 0.600. The van der Waals surface area contributed by atoms with Crippen molar-refractivity contribution in [1.29, 1.82) is 0 Å². The number of hydrogen-bond acceptors (Lipinski definition) is 4. The van der Waals surface area contributed by atoms with E-state index in [9.17, 15) is 10.1 Å². The van der Waals surface area contributed by atoms with Crippen LogP contribution in [0.2, 0.25) is 0 Å². The maximum absolute atomic E-state index is 11.2. The molecule has 3 fully saturated rings. The van der Waals surface area contributed by atoms with Gasteiger partial charge in [0.15, 0.2) is 0 Å². The van der Waals surface area contributed by atoms with Crippen molar-refractivity contribution in [2.75, 3.05) is 12.4 Å². The first-order valence-electron chi connectivity index (χ1n) is 7.28. The third kappa shape index (κ3) is 1.62. The van der Waals surface area contributed by atoms with Crippen LogP contribution < -0.4 is 10.1 Å². The van der Waals surface area contributed by atoms with Crippen molar-refractivity contribution in [1.82, 2.24) is 0 Å². The lowest BCUT2D eigenvalue weighted by Crippen LogP contribution is -2.13. The van der Waals surface area contributed by atoms with Gasteiger partial charge in [-0.1, -0.05) is 0 Å². The summed E-state index contributed by atoms with van der Waals surface area (Å²) in [4.78, 5) is 10.9. The summed E-state index contributed by atoms with van der Waals surface area (Å²) in [6.45, 7) is 0. The number of nitro benzene ring substituents is 1. The molecule has 2 bridgehead atoms. The van der Waals surface area contributed by atoms with Crippen LogP contribution in [0.15, 0.2) is 18.2 Å². The molecule has 5 heteroatoms. The standard InChI is InChI=1S/C15H18N2O3/c1-20-10-4-5-11(12(7-10)17(18)19)16-15-13-8-2-3-9(6-8)14(13)15/h4-5,7-9,13-16H,2-3,6H2,1H3. The van der Waals surface area contributed by atoms with Gasteiger partial charge in [0.1, 0.15) is 11.4 Å². The Morgan fingerprint density at radius 1 is 1.30 bits per heavy atom. The number of fused-ring (bicyclic) bond motifs is 5. The SMILES string of the molecule is COc1ccc(NC2C3C4CCC(C4)C23)c([N+](=O)[O-])c1. The Hall–Kier alpha value is -1.78. The fourth-order valence-corrected chi connectivity index (χ4v) is 4.61. The van der Waals surface area contributed by atoms with E-state index in [0.717, 1.165) is 23.7 Å². The second-order valence-electron chi connectivity index (χ2n) is 6.30. The smallest absolute Gasteiger partial charge is 0.296 e. The van der Waals surface area contributed by atoms with Crippen molar-refractivity contribution in [3.05, 3.63) is 28.3 Å². The van der Waals surface area contributed by atoms with Gasteiger partial charge < -0.3 is 10.1 Å². The van der Waals surface area contributed by atoms with Gasteiger partial charge in [-0.25, -0.2) is 0 Å². The van der Waals surface area contributed by atoms with Crippen LogP contribution >= 0.6 is 0 Å². The molecule has 0 aromatic heterocycles. The number of ether oxygens (including phenoxy) is 1. The van der Waals surface area contributed by atoms with Crippen LogP contribution in [0.1, 0.15) is 19.3 Å². The summed E-state index contributed by atoms with van der Waals surface area (Å²) in [5.74, 6) is 3.77. The highest BCUT2D eigenvalue weighted by atomic mass is 16.6. The molecule has 3 aliphatic rings. The Morgan fingerprint density at radius 2 is 2.00 bits per heavy atom. The zero-order valence-electron chi connectivity index (χ0n) is 11.4. The number of rotatable bonds is 4. The molecule has 106 valence electrons. The van der Waals surface area contributed by atoms with E-state index in [1.54, 1.807) is 12.1 Å². The van der Waals surface area contributed by atoms with Crippen LogP contribution in [0, 0.1) is 33.8 Å². The zero-order valence-corrected chi connectivity index (χ0v) is 11.4. The van der Waals surface area contributed by atoms with Crippen molar-refractivity contribution in [2.45, 2.75) is 25.3 Å². The fourth-order valence-electron chi connectivity index (χ4n) is 4.61. The van der Waals surface area contributed by atoms with Crippen LogP contribution in [-0.2, 0) is 0 Å². The van der Waals surface area contributed by atoms with Crippen LogP contribution in [0.4, 0.5) is 11.4 Å². The van der Waals surface area contributed by atoms with Crippen LogP contribution in [0.25, 0.3) is 0 Å². The predicted octanol–water partition coefficient (Wildman–Crippen LogP) is 3.06. The number of benzene rings is 1. The molecule has 4 rings (SSSR count). The molecule has 3 aliphatic carbocycles. The Balaban J connectivity index is 1.56. The third-order valence-electron chi connectivity index (χ3n) is 5.46. The quantitative estimate of drug-likeness (QED) is 0.677. The van der Waals surface area contributed by atoms with E-state index < -0.39 is 0 Å². The van der Waals surface area contributed by atoms with Gasteiger partial charge in [0.05, 0.1) is 18.1 Å². The minimum Gasteiger partial charge on any atom is -0.496 e. The monoisotopic (exact) mass is 274 g/mol. The first kappa shape index (κ1) is 12.0. The molecule has 0 heterocycles. The van der Waals surface area contributed by atoms with Gasteiger partial charge in [0, 0.05) is 6.04 Å². The van der Waals surface area contributed by atoms with Gasteiger partial charge in [-0.05, 0) is 55.1 Å². The first-order valence-corrected chi connectivity index (χ1v) is 7.28. The topological polar surface area (TPSA) is 64.4 Å². The molecule has 5 nitrogen and oxygen atoms in total. The largest absolute Gasteiger partial charge is 0.496 e. The Bertz CT molecular complexity index is 558. The van der Waals surface area contributed by atoms with Crippen molar-refractivity contribution < 1.29 is 9.66 Å². The van der Waals surface area contributed by atoms with Gasteiger partial charge in [-0.3, -0.25) is 10.1 Å². The van der Waals surface area contributed by atoms with E-state index in [2.05, 4.69) is 5.32 Å². The van der Waals surface area contributed by atoms with Crippen molar-refractivity contribution in [2.24, 2.45) is 23.7 Å². The van der Waals surface area contributed by atoms with Gasteiger partial charge in [-0.2, -0.15) is 0 Å². The molecule has 1 aromatic carbocycles. The Morgan fingerprint density at radius 3 is 2.60 bits per heavy atom. The summed E-state index contributed by atoms with van der Waals surface area (Å²) in [6.07, 6.45) is 4.10. The molecule has 0 aliphatic heterocycles. The highest BCUT2D eigenvalue weighted by molar-refractivity contribution is 5.65. The lowest BCUT2D eigenvalue weighted by molar-refractivity contribution is -0.384. The Kier molecular flexibility index (Phi) is 2.46. The number of methoxy groups -OCH3 is 1. The molecule has 0 radical (unpaired) electrons. The summed E-state index contributed by atoms with van der Waals surface area (Å²) in [5, 5.41) is 14.6. The molecule has 1 aromatic rings. The van der Waals surface area contributed by atoms with Gasteiger partial charge >= 0.3 is 0 Å². The molecular formula is C15H18N2O3. The van der Waals surface area contributed by atoms with Gasteiger partial charge in [-0.15, -0.1) is 0 Å². The maximum Gasteiger partial charge on any atom is 0.296 e. The zero-order chi connectivity index (χ0) is 13.9. The van der Waals surface area contributed by atoms with Gasteiger partial charge in [0.25, 0.3) is 5.69 Å². The number of nitro groups is 1. The number of anilines is 1. The molecule has 4 unspecified atom stereocenters. The summed E-state index contributed by atoms with van der Waals surface area (Å²) >= 11 is 0. The number of nitrogens with one attached hydrogen (secondary N) is 1. The molecule has 1 N–H and O–H groups in total. The van der Waals surface area contributed by atoms with E-state index in [4.69, 9.17) is 4.74 Å². The normalized spacial score (nSPS) is 36.5. The van der Waals surface area contributed by atoms with Crippen molar-refractivity contribution in [3.8, 4) is 5.75 Å². The average Bonchev–Trinajstić information content (AvgIpc) is 2.84. The minimum absolute atomic E-state index is 0.113. The molecule has 0 amide bonds. The predicted molar refractivity (Wildman–Crippen MR) is 74.9 cm³/mol. The molecule has 3 saturated carbocycles. The van der Waals surface area contributed by atoms with E-state index in [-0.39, 0.29) is 10.6 Å². The van der Waals surface area contributed by atoms with Crippen LogP contribution in [0.3, 0.4) is 0 Å². The maximum atomic E-state index is 11.2. The van der Waals surface area contributed by atoms with Crippen LogP contribution in [0.5, 0.6) is 5.75 Å². The number of hydrogen-bond donors (Lipinski definition) is 1. The minimum atomic E-state index is -0.336. The lowest BCUT2D eigenvalue weighted by Gasteiger charge is -2.12. The summed E-state index contributed by atoms with van der Waals surface area (Å²) in [6, 6.07) is 5.50. The summed E-state index contributed by atoms with van der Waals surface area (Å²) in [5.41, 5.74) is 0.747. The van der Waals surface area contributed by atoms with E-state index in [0.29, 0.717) is 17.5 Å². The summed E-state index contributed by atoms with van der Waals surface area (Å²) < 4.78 is 5.07. The highest BCUT2D eigenvalue weighted by Gasteiger charge is 2.65. The number of nitrogens with zero attached hydrogens (tertiary/aromatic N) is 1. The second-order valence-corrected chi connectivity index (χ2v) is 6.30. The van der Waals surface area contributed by atoms with E-state index in [1.807, 2.05) is 0 Å². The van der Waals surface area contributed by atoms with Crippen LogP contribution in [-0.4, -0.2) is 18.1 Å². The Labute approximate surface area is 117 Å². The third-order valence-corrected chi connectivity index (χ3v) is 5.46. The van der Waals surface area contributed by atoms with E-state index in [1.165, 1.54) is 32.4 Å². The molecule has 20 heavy (non-hydrogen) atoms. The summed E-state index contributed by atoms with van der Waals surface area (Å²) in [7, 11) is 1.52. The van der Waals surface area contributed by atoms with Gasteiger partial charge in [0.2, 0.25) is 0 Å². The average molecular weight is 274 g/mol. The highest BCUT2D eigenvalue weighted by Crippen LogP contribution is 2.66. The first-order chi connectivity index (χ1) is 9.69. The molecule has 4 atom stereocenters. The van der Waals surface area contributed by atoms with Crippen molar-refractivity contribution >= 4 is 11.4 Å². The molecular weight excluding hydrogens is 256 g/mol. The molecule has 0 spiro atoms. The molecule has 0 saturated heterocycles.